The zero-order chi connectivity index (χ0) is 20.9. The molecule has 0 aliphatic rings. The summed E-state index contributed by atoms with van der Waals surface area (Å²) in [5.74, 6) is -0.992. The number of nitrogens with one attached hydrogen (secondary N) is 1. The summed E-state index contributed by atoms with van der Waals surface area (Å²) in [6.45, 7) is 3.29. The van der Waals surface area contributed by atoms with Gasteiger partial charge in [0.05, 0.1) is 24.1 Å². The lowest BCUT2D eigenvalue weighted by atomic mass is 10.2. The van der Waals surface area contributed by atoms with Gasteiger partial charge in [-0.3, -0.25) is 9.10 Å². The SMILES string of the molecule is CCOC(=O)c1ccc(NC(=O)CN(c2cc(Cl)ccc2C)S(C)(=O)=O)cc1. The number of esters is 1. The number of carbonyl (C=O) groups is 2. The number of carbonyl (C=O) groups excluding carboxylic acids is 2. The van der Waals surface area contributed by atoms with Crippen LogP contribution in [0.2, 0.25) is 5.02 Å². The number of benzene rings is 2. The molecule has 28 heavy (non-hydrogen) atoms. The van der Waals surface area contributed by atoms with Gasteiger partial charge in [0.15, 0.2) is 0 Å². The maximum absolute atomic E-state index is 12.4. The van der Waals surface area contributed by atoms with Crippen LogP contribution in [0.25, 0.3) is 0 Å². The smallest absolute Gasteiger partial charge is 0.338 e. The highest BCUT2D eigenvalue weighted by molar-refractivity contribution is 7.92. The molecule has 0 aliphatic heterocycles. The Bertz CT molecular complexity index is 974. The summed E-state index contributed by atoms with van der Waals surface area (Å²) in [5, 5.41) is 2.98. The maximum Gasteiger partial charge on any atom is 0.338 e. The highest BCUT2D eigenvalue weighted by atomic mass is 35.5. The van der Waals surface area contributed by atoms with Crippen LogP contribution < -0.4 is 9.62 Å². The monoisotopic (exact) mass is 424 g/mol. The molecule has 2 rings (SSSR count). The average molecular weight is 425 g/mol. The van der Waals surface area contributed by atoms with E-state index < -0.39 is 28.4 Å². The zero-order valence-electron chi connectivity index (χ0n) is 15.7. The molecule has 0 atom stereocenters. The third kappa shape index (κ3) is 5.71. The third-order valence-corrected chi connectivity index (χ3v) is 5.17. The highest BCUT2D eigenvalue weighted by Gasteiger charge is 2.22. The first-order valence-electron chi connectivity index (χ1n) is 8.42. The number of ether oxygens (including phenoxy) is 1. The van der Waals surface area contributed by atoms with Crippen molar-refractivity contribution < 1.29 is 22.7 Å². The molecule has 0 saturated carbocycles. The Morgan fingerprint density at radius 1 is 1.14 bits per heavy atom. The lowest BCUT2D eigenvalue weighted by Gasteiger charge is -2.23. The molecule has 0 aliphatic carbocycles. The van der Waals surface area contributed by atoms with Crippen molar-refractivity contribution in [3.63, 3.8) is 0 Å². The summed E-state index contributed by atoms with van der Waals surface area (Å²) in [4.78, 5) is 24.1. The lowest BCUT2D eigenvalue weighted by Crippen LogP contribution is -2.37. The predicted molar refractivity (Wildman–Crippen MR) is 109 cm³/mol. The number of amides is 1. The minimum atomic E-state index is -3.72. The number of anilines is 2. The minimum Gasteiger partial charge on any atom is -0.462 e. The molecule has 0 bridgehead atoms. The number of hydrogen-bond donors (Lipinski definition) is 1. The van der Waals surface area contributed by atoms with Crippen LogP contribution in [0.15, 0.2) is 42.5 Å². The molecule has 2 aromatic rings. The van der Waals surface area contributed by atoms with Crippen molar-refractivity contribution in [1.29, 1.82) is 0 Å². The largest absolute Gasteiger partial charge is 0.462 e. The molecule has 0 heterocycles. The second-order valence-electron chi connectivity index (χ2n) is 6.05. The van der Waals surface area contributed by atoms with Crippen molar-refractivity contribution in [1.82, 2.24) is 0 Å². The Morgan fingerprint density at radius 3 is 2.36 bits per heavy atom. The van der Waals surface area contributed by atoms with Gasteiger partial charge in [-0.1, -0.05) is 17.7 Å². The molecule has 0 unspecified atom stereocenters. The fourth-order valence-corrected chi connectivity index (χ4v) is 3.54. The molecular formula is C19H21ClN2O5S. The number of hydrogen-bond acceptors (Lipinski definition) is 5. The summed E-state index contributed by atoms with van der Waals surface area (Å²) in [6.07, 6.45) is 1.02. The second kappa shape index (κ2) is 9.07. The van der Waals surface area contributed by atoms with Gasteiger partial charge in [0.25, 0.3) is 0 Å². The standard InChI is InChI=1S/C19H21ClN2O5S/c1-4-27-19(24)14-6-9-16(10-7-14)21-18(23)12-22(28(3,25)26)17-11-15(20)8-5-13(17)2/h5-11H,4,12H2,1-3H3,(H,21,23). The highest BCUT2D eigenvalue weighted by Crippen LogP contribution is 2.26. The lowest BCUT2D eigenvalue weighted by molar-refractivity contribution is -0.114. The van der Waals surface area contributed by atoms with Crippen molar-refractivity contribution in [3.8, 4) is 0 Å². The Labute approximate surface area is 169 Å². The van der Waals surface area contributed by atoms with Crippen molar-refractivity contribution >= 4 is 44.9 Å². The predicted octanol–water partition coefficient (Wildman–Crippen LogP) is 3.23. The summed E-state index contributed by atoms with van der Waals surface area (Å²) >= 11 is 5.98. The maximum atomic E-state index is 12.4. The van der Waals surface area contributed by atoms with Crippen molar-refractivity contribution in [3.05, 3.63) is 58.6 Å². The van der Waals surface area contributed by atoms with Gasteiger partial charge in [-0.25, -0.2) is 13.2 Å². The van der Waals surface area contributed by atoms with Crippen LogP contribution in [0.5, 0.6) is 0 Å². The number of halogens is 1. The van der Waals surface area contributed by atoms with Gasteiger partial charge in [-0.15, -0.1) is 0 Å². The molecule has 150 valence electrons. The van der Waals surface area contributed by atoms with E-state index in [1.165, 1.54) is 18.2 Å². The molecule has 9 heteroatoms. The van der Waals surface area contributed by atoms with E-state index in [-0.39, 0.29) is 6.61 Å². The van der Waals surface area contributed by atoms with E-state index in [0.29, 0.717) is 27.5 Å². The van der Waals surface area contributed by atoms with Crippen LogP contribution in [0.3, 0.4) is 0 Å². The Kier molecular flexibility index (Phi) is 7.04. The van der Waals surface area contributed by atoms with Crippen LogP contribution >= 0.6 is 11.6 Å². The fraction of sp³-hybridized carbons (Fsp3) is 0.263. The Balaban J connectivity index is 2.16. The van der Waals surface area contributed by atoms with Crippen LogP contribution in [0.1, 0.15) is 22.8 Å². The third-order valence-electron chi connectivity index (χ3n) is 3.81. The quantitative estimate of drug-likeness (QED) is 0.689. The summed E-state index contributed by atoms with van der Waals surface area (Å²) < 4.78 is 30.3. The number of rotatable bonds is 7. The molecule has 7 nitrogen and oxygen atoms in total. The van der Waals surface area contributed by atoms with Crippen LogP contribution in [-0.4, -0.2) is 39.7 Å². The summed E-state index contributed by atoms with van der Waals surface area (Å²) in [5.41, 5.74) is 1.78. The van der Waals surface area contributed by atoms with Crippen LogP contribution in [-0.2, 0) is 19.6 Å². The zero-order valence-corrected chi connectivity index (χ0v) is 17.3. The summed E-state index contributed by atoms with van der Waals surface area (Å²) in [7, 11) is -3.72. The molecule has 1 N–H and O–H groups in total. The Hall–Kier alpha value is -2.58. The summed E-state index contributed by atoms with van der Waals surface area (Å²) in [6, 6.07) is 10.9. The molecule has 0 radical (unpaired) electrons. The fourth-order valence-electron chi connectivity index (χ4n) is 2.47. The molecule has 0 fully saturated rings. The van der Waals surface area contributed by atoms with Crippen LogP contribution in [0.4, 0.5) is 11.4 Å². The first kappa shape index (κ1) is 21.7. The molecule has 2 aromatic carbocycles. The van der Waals surface area contributed by atoms with Gasteiger partial charge >= 0.3 is 5.97 Å². The molecule has 0 saturated heterocycles. The van der Waals surface area contributed by atoms with Crippen molar-refractivity contribution in [2.45, 2.75) is 13.8 Å². The molecule has 0 spiro atoms. The number of nitrogens with zero attached hydrogens (tertiary/aromatic N) is 1. The first-order chi connectivity index (χ1) is 13.1. The van der Waals surface area contributed by atoms with Crippen molar-refractivity contribution in [2.75, 3.05) is 29.0 Å². The van der Waals surface area contributed by atoms with Crippen molar-refractivity contribution in [2.24, 2.45) is 0 Å². The van der Waals surface area contributed by atoms with E-state index in [1.54, 1.807) is 38.1 Å². The van der Waals surface area contributed by atoms with E-state index >= 15 is 0 Å². The molecule has 0 aromatic heterocycles. The van der Waals surface area contributed by atoms with Gasteiger partial charge in [-0.05, 0) is 55.8 Å². The van der Waals surface area contributed by atoms with Gasteiger partial charge in [0, 0.05) is 10.7 Å². The topological polar surface area (TPSA) is 92.8 Å². The van der Waals surface area contributed by atoms with E-state index in [0.717, 1.165) is 10.6 Å². The van der Waals surface area contributed by atoms with E-state index in [4.69, 9.17) is 16.3 Å². The molecule has 1 amide bonds. The van der Waals surface area contributed by atoms with Gasteiger partial charge < -0.3 is 10.1 Å². The first-order valence-corrected chi connectivity index (χ1v) is 10.7. The average Bonchev–Trinajstić information content (AvgIpc) is 2.62. The molecular weight excluding hydrogens is 404 g/mol. The minimum absolute atomic E-state index is 0.265. The number of sulfonamides is 1. The van der Waals surface area contributed by atoms with E-state index in [2.05, 4.69) is 5.32 Å². The normalized spacial score (nSPS) is 11.0. The number of aryl methyl sites for hydroxylation is 1. The van der Waals surface area contributed by atoms with Crippen LogP contribution in [0, 0.1) is 6.92 Å². The van der Waals surface area contributed by atoms with E-state index in [1.807, 2.05) is 0 Å². The van der Waals surface area contributed by atoms with E-state index in [9.17, 15) is 18.0 Å². The second-order valence-corrected chi connectivity index (χ2v) is 8.39. The van der Waals surface area contributed by atoms with Gasteiger partial charge in [-0.2, -0.15) is 0 Å². The Morgan fingerprint density at radius 2 is 1.79 bits per heavy atom. The van der Waals surface area contributed by atoms with Gasteiger partial charge in [0.2, 0.25) is 15.9 Å². The van der Waals surface area contributed by atoms with Gasteiger partial charge in [0.1, 0.15) is 6.54 Å².